The van der Waals surface area contributed by atoms with E-state index in [1.807, 2.05) is 6.92 Å². The largest absolute Gasteiger partial charge is 0.342 e. The van der Waals surface area contributed by atoms with Gasteiger partial charge < -0.3 is 4.90 Å². The van der Waals surface area contributed by atoms with Gasteiger partial charge in [0.05, 0.1) is 4.90 Å². The fourth-order valence-electron chi connectivity index (χ4n) is 1.87. The minimum Gasteiger partial charge on any atom is -0.342 e. The van der Waals surface area contributed by atoms with Crippen LogP contribution >= 0.6 is 0 Å². The Hall–Kier alpha value is -2.41. The number of sulfonamides is 1. The highest BCUT2D eigenvalue weighted by Crippen LogP contribution is 2.17. The van der Waals surface area contributed by atoms with Gasteiger partial charge in [-0.3, -0.25) is 9.52 Å². The molecule has 0 saturated carbocycles. The summed E-state index contributed by atoms with van der Waals surface area (Å²) in [4.78, 5) is 13.5. The summed E-state index contributed by atoms with van der Waals surface area (Å²) in [6.07, 6.45) is 0. The van der Waals surface area contributed by atoms with Crippen LogP contribution in [0.1, 0.15) is 17.3 Å². The van der Waals surface area contributed by atoms with Crippen molar-refractivity contribution >= 4 is 21.6 Å². The Balaban J connectivity index is 2.17. The lowest BCUT2D eigenvalue weighted by molar-refractivity contribution is 0.0802. The molecular weight excluding hydrogens is 319 g/mol. The van der Waals surface area contributed by atoms with Gasteiger partial charge in [0.2, 0.25) is 0 Å². The van der Waals surface area contributed by atoms with E-state index in [-0.39, 0.29) is 10.8 Å². The van der Waals surface area contributed by atoms with Gasteiger partial charge in [0, 0.05) is 24.8 Å². The van der Waals surface area contributed by atoms with Crippen LogP contribution in [-0.2, 0) is 10.0 Å². The molecule has 0 fully saturated rings. The molecule has 2 aromatic carbocycles. The second-order valence-corrected chi connectivity index (χ2v) is 6.64. The van der Waals surface area contributed by atoms with E-state index in [2.05, 4.69) is 4.72 Å². The summed E-state index contributed by atoms with van der Waals surface area (Å²) in [5.74, 6) is -0.646. The van der Waals surface area contributed by atoms with Crippen LogP contribution in [0.4, 0.5) is 10.1 Å². The maximum Gasteiger partial charge on any atom is 0.261 e. The fourth-order valence-corrected chi connectivity index (χ4v) is 2.93. The van der Waals surface area contributed by atoms with Crippen LogP contribution in [-0.4, -0.2) is 32.8 Å². The van der Waals surface area contributed by atoms with Crippen molar-refractivity contribution < 1.29 is 17.6 Å². The van der Waals surface area contributed by atoms with E-state index >= 15 is 0 Å². The first-order valence-electron chi connectivity index (χ1n) is 6.97. The van der Waals surface area contributed by atoms with Crippen LogP contribution in [0.2, 0.25) is 0 Å². The minimum absolute atomic E-state index is 0.0373. The summed E-state index contributed by atoms with van der Waals surface area (Å²) in [6.45, 7) is 2.45. The van der Waals surface area contributed by atoms with Gasteiger partial charge in [0.1, 0.15) is 5.82 Å². The lowest BCUT2D eigenvalue weighted by atomic mass is 10.2. The molecule has 0 saturated heterocycles. The van der Waals surface area contributed by atoms with Crippen molar-refractivity contribution in [3.63, 3.8) is 0 Å². The van der Waals surface area contributed by atoms with Crippen LogP contribution in [0.3, 0.4) is 0 Å². The second kappa shape index (κ2) is 6.78. The quantitative estimate of drug-likeness (QED) is 0.913. The number of rotatable bonds is 5. The Morgan fingerprint density at radius 2 is 1.65 bits per heavy atom. The molecule has 0 aliphatic carbocycles. The number of anilines is 1. The number of nitrogens with zero attached hydrogens (tertiary/aromatic N) is 1. The summed E-state index contributed by atoms with van der Waals surface area (Å²) < 4.78 is 39.6. The van der Waals surface area contributed by atoms with Crippen molar-refractivity contribution in [2.45, 2.75) is 11.8 Å². The van der Waals surface area contributed by atoms with Crippen LogP contribution in [0, 0.1) is 5.82 Å². The summed E-state index contributed by atoms with van der Waals surface area (Å²) >= 11 is 0. The van der Waals surface area contributed by atoms with E-state index in [0.29, 0.717) is 17.8 Å². The fraction of sp³-hybridized carbons (Fsp3) is 0.188. The van der Waals surface area contributed by atoms with Gasteiger partial charge in [0.15, 0.2) is 0 Å². The molecule has 0 atom stereocenters. The lowest BCUT2D eigenvalue weighted by Gasteiger charge is -2.14. The molecule has 0 aromatic heterocycles. The second-order valence-electron chi connectivity index (χ2n) is 4.96. The van der Waals surface area contributed by atoms with Gasteiger partial charge in [-0.25, -0.2) is 12.8 Å². The summed E-state index contributed by atoms with van der Waals surface area (Å²) in [5, 5.41) is 0. The molecule has 1 N–H and O–H groups in total. The number of benzene rings is 2. The molecular formula is C16H17FN2O3S. The van der Waals surface area contributed by atoms with Gasteiger partial charge in [0.25, 0.3) is 15.9 Å². The van der Waals surface area contributed by atoms with Gasteiger partial charge in [-0.1, -0.05) is 0 Å². The highest BCUT2D eigenvalue weighted by Gasteiger charge is 2.15. The smallest absolute Gasteiger partial charge is 0.261 e. The van der Waals surface area contributed by atoms with E-state index < -0.39 is 15.8 Å². The number of carbonyl (C=O) groups is 1. The van der Waals surface area contributed by atoms with Crippen LogP contribution in [0.5, 0.6) is 0 Å². The molecule has 0 heterocycles. The van der Waals surface area contributed by atoms with E-state index in [9.17, 15) is 17.6 Å². The van der Waals surface area contributed by atoms with Crippen molar-refractivity contribution in [2.75, 3.05) is 18.3 Å². The number of hydrogen-bond donors (Lipinski definition) is 1. The number of nitrogens with one attached hydrogen (secondary N) is 1. The maximum atomic E-state index is 12.9. The zero-order valence-corrected chi connectivity index (χ0v) is 13.6. The van der Waals surface area contributed by atoms with E-state index in [1.165, 1.54) is 24.3 Å². The van der Waals surface area contributed by atoms with Crippen LogP contribution < -0.4 is 4.72 Å². The lowest BCUT2D eigenvalue weighted by Crippen LogP contribution is -2.26. The van der Waals surface area contributed by atoms with E-state index in [1.54, 1.807) is 24.1 Å². The summed E-state index contributed by atoms with van der Waals surface area (Å²) in [7, 11) is -2.11. The third-order valence-corrected chi connectivity index (χ3v) is 4.73. The molecule has 2 rings (SSSR count). The molecule has 5 nitrogen and oxygen atoms in total. The molecule has 122 valence electrons. The molecule has 0 unspecified atom stereocenters. The third-order valence-electron chi connectivity index (χ3n) is 3.33. The molecule has 2 aromatic rings. The number of hydrogen-bond acceptors (Lipinski definition) is 3. The minimum atomic E-state index is -3.80. The van der Waals surface area contributed by atoms with Crippen molar-refractivity contribution in [1.29, 1.82) is 0 Å². The molecule has 1 amide bonds. The van der Waals surface area contributed by atoms with Crippen molar-refractivity contribution in [3.8, 4) is 0 Å². The maximum absolute atomic E-state index is 12.9. The Kier molecular flexibility index (Phi) is 5.00. The van der Waals surface area contributed by atoms with Gasteiger partial charge in [-0.15, -0.1) is 0 Å². The normalized spacial score (nSPS) is 11.1. The Morgan fingerprint density at radius 3 is 2.17 bits per heavy atom. The molecule has 0 bridgehead atoms. The van der Waals surface area contributed by atoms with E-state index in [4.69, 9.17) is 0 Å². The SMILES string of the molecule is CCN(C)C(=O)c1ccc(NS(=O)(=O)c2ccc(F)cc2)cc1. The Bertz CT molecular complexity index is 787. The molecule has 0 aliphatic heterocycles. The van der Waals surface area contributed by atoms with Crippen LogP contribution in [0.15, 0.2) is 53.4 Å². The standard InChI is InChI=1S/C16H17FN2O3S/c1-3-19(2)16(20)12-4-8-14(9-5-12)18-23(21,22)15-10-6-13(17)7-11-15/h4-11,18H,3H2,1-2H3. The zero-order valence-electron chi connectivity index (χ0n) is 12.8. The molecule has 7 heteroatoms. The summed E-state index contributed by atoms with van der Waals surface area (Å²) in [5.41, 5.74) is 0.795. The van der Waals surface area contributed by atoms with Crippen molar-refractivity contribution in [1.82, 2.24) is 4.90 Å². The first-order valence-corrected chi connectivity index (χ1v) is 8.45. The summed E-state index contributed by atoms with van der Waals surface area (Å²) in [6, 6.07) is 10.7. The van der Waals surface area contributed by atoms with Crippen molar-refractivity contribution in [3.05, 3.63) is 59.9 Å². The number of carbonyl (C=O) groups excluding carboxylic acids is 1. The highest BCUT2D eigenvalue weighted by molar-refractivity contribution is 7.92. The van der Waals surface area contributed by atoms with E-state index in [0.717, 1.165) is 12.1 Å². The predicted molar refractivity (Wildman–Crippen MR) is 86.3 cm³/mol. The highest BCUT2D eigenvalue weighted by atomic mass is 32.2. The average molecular weight is 336 g/mol. The number of halogens is 1. The first-order chi connectivity index (χ1) is 10.8. The molecule has 0 aliphatic rings. The zero-order chi connectivity index (χ0) is 17.0. The van der Waals surface area contributed by atoms with Gasteiger partial charge in [-0.2, -0.15) is 0 Å². The topological polar surface area (TPSA) is 66.5 Å². The first kappa shape index (κ1) is 17.0. The van der Waals surface area contributed by atoms with Gasteiger partial charge in [-0.05, 0) is 55.5 Å². The predicted octanol–water partition coefficient (Wildman–Crippen LogP) is 2.72. The van der Waals surface area contributed by atoms with Gasteiger partial charge >= 0.3 is 0 Å². The Morgan fingerprint density at radius 1 is 1.09 bits per heavy atom. The third kappa shape index (κ3) is 4.07. The molecule has 23 heavy (non-hydrogen) atoms. The van der Waals surface area contributed by atoms with Crippen LogP contribution in [0.25, 0.3) is 0 Å². The molecule has 0 spiro atoms. The van der Waals surface area contributed by atoms with Crippen molar-refractivity contribution in [2.24, 2.45) is 0 Å². The average Bonchev–Trinajstić information content (AvgIpc) is 2.54. The Labute approximate surface area is 134 Å². The number of amides is 1. The molecule has 0 radical (unpaired) electrons. The monoisotopic (exact) mass is 336 g/mol.